The summed E-state index contributed by atoms with van der Waals surface area (Å²) in [6, 6.07) is 1.80. The molecular weight excluding hydrogens is 447 g/mol. The van der Waals surface area contributed by atoms with Crippen molar-refractivity contribution in [1.29, 1.82) is 0 Å². The first kappa shape index (κ1) is 23.4. The molecule has 0 spiro atoms. The Morgan fingerprint density at radius 1 is 1.39 bits per heavy atom. The second kappa shape index (κ2) is 8.67. The van der Waals surface area contributed by atoms with Crippen molar-refractivity contribution in [3.63, 3.8) is 0 Å². The first-order valence-electron chi connectivity index (χ1n) is 9.17. The van der Waals surface area contributed by atoms with E-state index in [2.05, 4.69) is 9.69 Å². The maximum atomic E-state index is 14.5. The summed E-state index contributed by atoms with van der Waals surface area (Å²) in [6.07, 6.45) is -5.23. The average Bonchev–Trinajstić information content (AvgIpc) is 3.30. The lowest BCUT2D eigenvalue weighted by molar-refractivity contribution is -0.272. The number of aromatic nitrogens is 1. The van der Waals surface area contributed by atoms with E-state index in [0.29, 0.717) is 0 Å². The van der Waals surface area contributed by atoms with Crippen molar-refractivity contribution in [2.45, 2.75) is 37.6 Å². The molecule has 1 fully saturated rings. The first-order chi connectivity index (χ1) is 14.5. The molecule has 0 aliphatic carbocycles. The Hall–Kier alpha value is -2.31. The fourth-order valence-corrected chi connectivity index (χ4v) is 4.08. The van der Waals surface area contributed by atoms with Crippen molar-refractivity contribution in [2.75, 3.05) is 18.5 Å². The van der Waals surface area contributed by atoms with Crippen molar-refractivity contribution in [3.05, 3.63) is 40.9 Å². The van der Waals surface area contributed by atoms with Gasteiger partial charge in [-0.05, 0) is 24.5 Å². The molecule has 12 heteroatoms. The molecule has 1 amide bonds. The van der Waals surface area contributed by atoms with Crippen LogP contribution in [0.25, 0.3) is 0 Å². The summed E-state index contributed by atoms with van der Waals surface area (Å²) in [6.45, 7) is 1.05. The Bertz CT molecular complexity index is 940. The van der Waals surface area contributed by atoms with Gasteiger partial charge in [0.05, 0.1) is 18.5 Å². The molecule has 1 aliphatic heterocycles. The van der Waals surface area contributed by atoms with Crippen LogP contribution in [0.5, 0.6) is 5.75 Å². The maximum absolute atomic E-state index is 14.5. The van der Waals surface area contributed by atoms with Gasteiger partial charge >= 0.3 is 6.18 Å². The Morgan fingerprint density at radius 3 is 2.68 bits per heavy atom. The van der Waals surface area contributed by atoms with E-state index in [-0.39, 0.29) is 11.3 Å². The number of nitrogens with zero attached hydrogens (tertiary/aromatic N) is 1. The van der Waals surface area contributed by atoms with Crippen LogP contribution in [0, 0.1) is 17.6 Å². The standard InChI is InChI=1S/C19H19F5N2O4S/c1-9-13(11-3-4-12(20)14(21)15(11)29-6-5-27)16(30-18(9,2)19(22,23)24)17(28)26-10-7-25-31-8-10/h3-4,7-9,13,16,27H,5-6H2,1-2H3,(H,26,28)/t9-,13-,16+,18+/m0/s1. The molecule has 0 saturated carbocycles. The highest BCUT2D eigenvalue weighted by Crippen LogP contribution is 2.55. The number of benzene rings is 1. The second-order valence-corrected chi connectivity index (χ2v) is 7.87. The zero-order valence-electron chi connectivity index (χ0n) is 16.4. The number of carbonyl (C=O) groups is 1. The summed E-state index contributed by atoms with van der Waals surface area (Å²) >= 11 is 1.02. The van der Waals surface area contributed by atoms with Crippen LogP contribution >= 0.6 is 11.5 Å². The summed E-state index contributed by atoms with van der Waals surface area (Å²) in [5, 5.41) is 12.9. The molecule has 6 nitrogen and oxygen atoms in total. The van der Waals surface area contributed by atoms with E-state index in [4.69, 9.17) is 14.6 Å². The van der Waals surface area contributed by atoms with Gasteiger partial charge in [0.25, 0.3) is 5.91 Å². The third kappa shape index (κ3) is 4.23. The Morgan fingerprint density at radius 2 is 2.10 bits per heavy atom. The predicted octanol–water partition coefficient (Wildman–Crippen LogP) is 3.87. The van der Waals surface area contributed by atoms with Gasteiger partial charge in [-0.15, -0.1) is 0 Å². The van der Waals surface area contributed by atoms with E-state index >= 15 is 0 Å². The van der Waals surface area contributed by atoms with Gasteiger partial charge in [0.2, 0.25) is 5.82 Å². The number of alkyl halides is 3. The van der Waals surface area contributed by atoms with Crippen LogP contribution in [-0.2, 0) is 9.53 Å². The lowest BCUT2D eigenvalue weighted by Crippen LogP contribution is -2.47. The Balaban J connectivity index is 2.10. The number of aliphatic hydroxyl groups excluding tert-OH is 1. The SMILES string of the molecule is C[C@H]1[C@@H](c2ccc(F)c(F)c2OCCO)[C@H](C(=O)Nc2cnsc2)O[C@@]1(C)C(F)(F)F. The van der Waals surface area contributed by atoms with Crippen LogP contribution in [0.15, 0.2) is 23.7 Å². The lowest BCUT2D eigenvalue weighted by Gasteiger charge is -2.32. The van der Waals surface area contributed by atoms with E-state index in [1.54, 1.807) is 0 Å². The molecule has 0 bridgehead atoms. The van der Waals surface area contributed by atoms with Crippen LogP contribution in [0.3, 0.4) is 0 Å². The van der Waals surface area contributed by atoms with Crippen molar-refractivity contribution in [1.82, 2.24) is 4.37 Å². The average molecular weight is 466 g/mol. The minimum atomic E-state index is -4.85. The first-order valence-corrected chi connectivity index (χ1v) is 10.0. The molecular formula is C19H19F5N2O4S. The molecule has 1 aliphatic rings. The van der Waals surface area contributed by atoms with Gasteiger partial charge in [-0.1, -0.05) is 13.0 Å². The molecule has 0 unspecified atom stereocenters. The summed E-state index contributed by atoms with van der Waals surface area (Å²) in [5.41, 5.74) is -2.66. The van der Waals surface area contributed by atoms with Crippen molar-refractivity contribution < 1.29 is 41.3 Å². The van der Waals surface area contributed by atoms with Crippen LogP contribution in [0.1, 0.15) is 25.3 Å². The molecule has 2 N–H and O–H groups in total. The van der Waals surface area contributed by atoms with Gasteiger partial charge in [-0.2, -0.15) is 21.9 Å². The number of hydrogen-bond donors (Lipinski definition) is 2. The third-order valence-electron chi connectivity index (χ3n) is 5.40. The van der Waals surface area contributed by atoms with Crippen LogP contribution < -0.4 is 10.1 Å². The van der Waals surface area contributed by atoms with E-state index in [0.717, 1.165) is 30.6 Å². The third-order valence-corrected chi connectivity index (χ3v) is 5.99. The number of anilines is 1. The quantitative estimate of drug-likeness (QED) is 0.632. The topological polar surface area (TPSA) is 80.7 Å². The molecule has 2 heterocycles. The Kier molecular flexibility index (Phi) is 6.53. The minimum absolute atomic E-state index is 0.170. The van der Waals surface area contributed by atoms with Crippen LogP contribution in [-0.4, -0.2) is 46.5 Å². The highest BCUT2D eigenvalue weighted by molar-refractivity contribution is 7.04. The van der Waals surface area contributed by atoms with Crippen molar-refractivity contribution in [2.24, 2.45) is 5.92 Å². The second-order valence-electron chi connectivity index (χ2n) is 7.21. The highest BCUT2D eigenvalue weighted by atomic mass is 32.1. The summed E-state index contributed by atoms with van der Waals surface area (Å²) < 4.78 is 84.1. The van der Waals surface area contributed by atoms with E-state index in [1.165, 1.54) is 18.5 Å². The van der Waals surface area contributed by atoms with Crippen molar-refractivity contribution in [3.8, 4) is 5.75 Å². The normalized spacial score (nSPS) is 26.1. The predicted molar refractivity (Wildman–Crippen MR) is 101 cm³/mol. The maximum Gasteiger partial charge on any atom is 0.417 e. The largest absolute Gasteiger partial charge is 0.488 e. The fourth-order valence-electron chi connectivity index (χ4n) is 3.61. The lowest BCUT2D eigenvalue weighted by atomic mass is 9.77. The molecule has 2 aromatic rings. The minimum Gasteiger partial charge on any atom is -0.488 e. The summed E-state index contributed by atoms with van der Waals surface area (Å²) in [4.78, 5) is 12.9. The van der Waals surface area contributed by atoms with E-state index in [1.807, 2.05) is 0 Å². The molecule has 1 aromatic heterocycles. The molecule has 4 atom stereocenters. The number of hydrogen-bond acceptors (Lipinski definition) is 6. The smallest absolute Gasteiger partial charge is 0.417 e. The zero-order valence-corrected chi connectivity index (χ0v) is 17.2. The highest BCUT2D eigenvalue weighted by Gasteiger charge is 2.65. The molecule has 170 valence electrons. The monoisotopic (exact) mass is 466 g/mol. The molecule has 1 saturated heterocycles. The van der Waals surface area contributed by atoms with Crippen molar-refractivity contribution >= 4 is 23.1 Å². The number of halogens is 5. The number of rotatable bonds is 6. The molecule has 3 rings (SSSR count). The van der Waals surface area contributed by atoms with Gasteiger partial charge in [-0.3, -0.25) is 4.79 Å². The molecule has 31 heavy (non-hydrogen) atoms. The van der Waals surface area contributed by atoms with Gasteiger partial charge in [0.1, 0.15) is 12.7 Å². The zero-order chi connectivity index (χ0) is 23.0. The fraction of sp³-hybridized carbons (Fsp3) is 0.474. The molecule has 1 aromatic carbocycles. The van der Waals surface area contributed by atoms with Crippen LogP contribution in [0.2, 0.25) is 0 Å². The molecule has 0 radical (unpaired) electrons. The number of carbonyl (C=O) groups excluding carboxylic acids is 1. The summed E-state index contributed by atoms with van der Waals surface area (Å²) in [5.74, 6) is -6.99. The number of amides is 1. The Labute approximate surface area is 178 Å². The van der Waals surface area contributed by atoms with Gasteiger partial charge in [-0.25, -0.2) is 4.39 Å². The van der Waals surface area contributed by atoms with E-state index < -0.39 is 66.2 Å². The van der Waals surface area contributed by atoms with Gasteiger partial charge < -0.3 is 19.9 Å². The number of ether oxygens (including phenoxy) is 2. The van der Waals surface area contributed by atoms with Crippen LogP contribution in [0.4, 0.5) is 27.6 Å². The number of nitrogens with one attached hydrogen (secondary N) is 1. The summed E-state index contributed by atoms with van der Waals surface area (Å²) in [7, 11) is 0. The van der Waals surface area contributed by atoms with E-state index in [9.17, 15) is 26.7 Å². The van der Waals surface area contributed by atoms with Gasteiger partial charge in [0, 0.05) is 22.8 Å². The number of aliphatic hydroxyl groups is 1. The van der Waals surface area contributed by atoms with Gasteiger partial charge in [0.15, 0.2) is 17.2 Å².